The van der Waals surface area contributed by atoms with Crippen LogP contribution in [-0.4, -0.2) is 11.2 Å². The molecule has 0 unspecified atom stereocenters. The second-order valence-corrected chi connectivity index (χ2v) is 4.41. The first-order valence-corrected chi connectivity index (χ1v) is 5.06. The largest absolute Gasteiger partial charge is 0.416 e. The summed E-state index contributed by atoms with van der Waals surface area (Å²) in [5.74, 6) is -0.978. The minimum Gasteiger partial charge on any atom is -0.393 e. The van der Waals surface area contributed by atoms with Crippen LogP contribution < -0.4 is 5.73 Å². The van der Waals surface area contributed by atoms with Gasteiger partial charge in [-0.2, -0.15) is 13.2 Å². The van der Waals surface area contributed by atoms with Crippen LogP contribution in [0.3, 0.4) is 0 Å². The monoisotopic (exact) mass is 249 g/mol. The number of hydrogen-bond acceptors (Lipinski definition) is 2. The molecule has 6 heteroatoms. The van der Waals surface area contributed by atoms with Gasteiger partial charge in [-0.25, -0.2) is 4.39 Å². The Morgan fingerprint density at radius 2 is 1.88 bits per heavy atom. The Morgan fingerprint density at radius 3 is 2.29 bits per heavy atom. The lowest BCUT2D eigenvalue weighted by Gasteiger charge is -2.42. The lowest BCUT2D eigenvalue weighted by molar-refractivity contribution is -0.137. The molecule has 0 atom stereocenters. The smallest absolute Gasteiger partial charge is 0.393 e. The Labute approximate surface area is 95.0 Å². The van der Waals surface area contributed by atoms with Gasteiger partial charge in [-0.15, -0.1) is 0 Å². The summed E-state index contributed by atoms with van der Waals surface area (Å²) in [6, 6.07) is 2.29. The predicted octanol–water partition coefficient (Wildman–Crippen LogP) is 2.15. The van der Waals surface area contributed by atoms with E-state index < -0.39 is 29.2 Å². The first-order chi connectivity index (χ1) is 7.72. The Kier molecular flexibility index (Phi) is 2.67. The molecule has 0 aromatic heterocycles. The molecule has 0 spiro atoms. The van der Waals surface area contributed by atoms with Gasteiger partial charge >= 0.3 is 6.18 Å². The molecule has 1 saturated carbocycles. The third-order valence-electron chi connectivity index (χ3n) is 3.03. The fourth-order valence-electron chi connectivity index (χ4n) is 2.10. The summed E-state index contributed by atoms with van der Waals surface area (Å²) in [5.41, 5.74) is 3.73. The van der Waals surface area contributed by atoms with E-state index in [9.17, 15) is 17.6 Å². The third kappa shape index (κ3) is 2.14. The quantitative estimate of drug-likeness (QED) is 0.749. The summed E-state index contributed by atoms with van der Waals surface area (Å²) in [6.45, 7) is 0. The Balaban J connectivity index is 2.33. The van der Waals surface area contributed by atoms with E-state index in [1.165, 1.54) is 0 Å². The van der Waals surface area contributed by atoms with Crippen molar-refractivity contribution in [2.45, 2.75) is 30.7 Å². The summed E-state index contributed by atoms with van der Waals surface area (Å²) < 4.78 is 50.5. The molecule has 94 valence electrons. The molecule has 3 N–H and O–H groups in total. The summed E-state index contributed by atoms with van der Waals surface area (Å²) >= 11 is 0. The maximum atomic E-state index is 13.6. The molecule has 2 nitrogen and oxygen atoms in total. The fraction of sp³-hybridized carbons (Fsp3) is 0.455. The Hall–Kier alpha value is -1.14. The first-order valence-electron chi connectivity index (χ1n) is 5.06. The summed E-state index contributed by atoms with van der Waals surface area (Å²) in [7, 11) is 0. The van der Waals surface area contributed by atoms with E-state index in [2.05, 4.69) is 0 Å². The number of aliphatic hydroxyl groups excluding tert-OH is 1. The summed E-state index contributed by atoms with van der Waals surface area (Å²) in [6.07, 6.45) is -4.85. The molecular weight excluding hydrogens is 238 g/mol. The van der Waals surface area contributed by atoms with E-state index in [1.807, 2.05) is 0 Å². The average molecular weight is 249 g/mol. The molecule has 1 aliphatic rings. The highest BCUT2D eigenvalue weighted by Gasteiger charge is 2.43. The van der Waals surface area contributed by atoms with Gasteiger partial charge < -0.3 is 10.8 Å². The summed E-state index contributed by atoms with van der Waals surface area (Å²) in [5, 5.41) is 9.14. The second kappa shape index (κ2) is 3.68. The zero-order valence-electron chi connectivity index (χ0n) is 8.76. The van der Waals surface area contributed by atoms with Gasteiger partial charge in [-0.05, 0) is 25.0 Å². The highest BCUT2D eigenvalue weighted by molar-refractivity contribution is 5.33. The van der Waals surface area contributed by atoms with Crippen LogP contribution in [0, 0.1) is 5.82 Å². The first kappa shape index (κ1) is 12.3. The molecule has 0 radical (unpaired) electrons. The minimum atomic E-state index is -4.57. The fourth-order valence-corrected chi connectivity index (χ4v) is 2.10. The number of hydrogen-bond donors (Lipinski definition) is 2. The van der Waals surface area contributed by atoms with Crippen LogP contribution in [-0.2, 0) is 11.7 Å². The van der Waals surface area contributed by atoms with Crippen LogP contribution in [0.15, 0.2) is 18.2 Å². The van der Waals surface area contributed by atoms with E-state index in [0.717, 1.165) is 12.1 Å². The van der Waals surface area contributed by atoms with Crippen molar-refractivity contribution in [3.63, 3.8) is 0 Å². The number of benzene rings is 1. The Morgan fingerprint density at radius 1 is 1.29 bits per heavy atom. The molecule has 1 aromatic rings. The van der Waals surface area contributed by atoms with Crippen molar-refractivity contribution in [1.82, 2.24) is 0 Å². The average Bonchev–Trinajstić information content (AvgIpc) is 2.13. The number of aliphatic hydroxyl groups is 1. The number of rotatable bonds is 1. The zero-order chi connectivity index (χ0) is 12.8. The predicted molar refractivity (Wildman–Crippen MR) is 52.5 cm³/mol. The highest BCUT2D eigenvalue weighted by Crippen LogP contribution is 2.41. The molecule has 0 saturated heterocycles. The highest BCUT2D eigenvalue weighted by atomic mass is 19.4. The van der Waals surface area contributed by atoms with Gasteiger partial charge in [0.1, 0.15) is 5.82 Å². The van der Waals surface area contributed by atoms with Crippen molar-refractivity contribution in [2.24, 2.45) is 5.73 Å². The van der Waals surface area contributed by atoms with Gasteiger partial charge in [-0.3, -0.25) is 0 Å². The molecule has 0 aliphatic heterocycles. The van der Waals surface area contributed by atoms with Crippen LogP contribution in [0.2, 0.25) is 0 Å². The van der Waals surface area contributed by atoms with Crippen molar-refractivity contribution >= 4 is 0 Å². The molecule has 0 amide bonds. The van der Waals surface area contributed by atoms with Crippen LogP contribution >= 0.6 is 0 Å². The van der Waals surface area contributed by atoms with Crippen molar-refractivity contribution in [1.29, 1.82) is 0 Å². The van der Waals surface area contributed by atoms with Gasteiger partial charge in [-0.1, -0.05) is 6.07 Å². The molecule has 0 heterocycles. The minimum absolute atomic E-state index is 0.0239. The van der Waals surface area contributed by atoms with Crippen molar-refractivity contribution in [2.75, 3.05) is 0 Å². The number of nitrogens with two attached hydrogens (primary N) is 1. The molecule has 1 aliphatic carbocycles. The lowest BCUT2D eigenvalue weighted by Crippen LogP contribution is -2.52. The second-order valence-electron chi connectivity index (χ2n) is 4.41. The van der Waals surface area contributed by atoms with Crippen molar-refractivity contribution in [3.05, 3.63) is 35.1 Å². The third-order valence-corrected chi connectivity index (χ3v) is 3.03. The van der Waals surface area contributed by atoms with E-state index in [4.69, 9.17) is 10.8 Å². The SMILES string of the molecule is NC1(c2ccc(C(F)(F)F)cc2F)CC(O)C1. The molecule has 2 rings (SSSR count). The lowest BCUT2D eigenvalue weighted by atomic mass is 9.70. The zero-order valence-corrected chi connectivity index (χ0v) is 8.76. The molecule has 0 bridgehead atoms. The molecule has 17 heavy (non-hydrogen) atoms. The van der Waals surface area contributed by atoms with Gasteiger partial charge in [0, 0.05) is 11.1 Å². The van der Waals surface area contributed by atoms with Crippen LogP contribution in [0.4, 0.5) is 17.6 Å². The molecule has 1 fully saturated rings. The van der Waals surface area contributed by atoms with Crippen LogP contribution in [0.1, 0.15) is 24.0 Å². The number of halogens is 4. The van der Waals surface area contributed by atoms with Gasteiger partial charge in [0.05, 0.1) is 11.7 Å². The molecular formula is C11H11F4NO. The van der Waals surface area contributed by atoms with Gasteiger partial charge in [0.25, 0.3) is 0 Å². The maximum Gasteiger partial charge on any atom is 0.416 e. The Bertz CT molecular complexity index is 438. The van der Waals surface area contributed by atoms with Crippen molar-refractivity contribution < 1.29 is 22.7 Å². The summed E-state index contributed by atoms with van der Waals surface area (Å²) in [4.78, 5) is 0. The maximum absolute atomic E-state index is 13.6. The topological polar surface area (TPSA) is 46.2 Å². The van der Waals surface area contributed by atoms with Crippen molar-refractivity contribution in [3.8, 4) is 0 Å². The number of alkyl halides is 3. The van der Waals surface area contributed by atoms with Gasteiger partial charge in [0.2, 0.25) is 0 Å². The van der Waals surface area contributed by atoms with E-state index in [1.54, 1.807) is 0 Å². The standard InChI is InChI=1S/C11H11F4NO/c12-9-3-6(11(13,14)15)1-2-8(9)10(16)4-7(17)5-10/h1-3,7,17H,4-5,16H2. The van der Waals surface area contributed by atoms with Crippen LogP contribution in [0.25, 0.3) is 0 Å². The molecule has 1 aromatic carbocycles. The van der Waals surface area contributed by atoms with E-state index in [-0.39, 0.29) is 18.4 Å². The normalized spacial score (nSPS) is 28.9. The van der Waals surface area contributed by atoms with Gasteiger partial charge in [0.15, 0.2) is 0 Å². The van der Waals surface area contributed by atoms with Crippen LogP contribution in [0.5, 0.6) is 0 Å². The van der Waals surface area contributed by atoms with E-state index in [0.29, 0.717) is 6.07 Å². The van der Waals surface area contributed by atoms with E-state index >= 15 is 0 Å².